The van der Waals surface area contributed by atoms with Crippen LogP contribution in [0, 0.1) is 16.0 Å². The minimum absolute atomic E-state index is 0.0457. The van der Waals surface area contributed by atoms with Gasteiger partial charge in [-0.05, 0) is 31.4 Å². The summed E-state index contributed by atoms with van der Waals surface area (Å²) in [5, 5.41) is 13.9. The predicted molar refractivity (Wildman–Crippen MR) is 84.7 cm³/mol. The molecule has 1 fully saturated rings. The molecule has 0 bridgehead atoms. The Hall–Kier alpha value is -2.16. The number of hydrogen-bond acceptors (Lipinski definition) is 4. The monoisotopic (exact) mass is 359 g/mol. The molecular weight excluding hydrogens is 339 g/mol. The van der Waals surface area contributed by atoms with Gasteiger partial charge in [0.2, 0.25) is 5.91 Å². The molecule has 138 valence electrons. The summed E-state index contributed by atoms with van der Waals surface area (Å²) in [6.45, 7) is 0.436. The SMILES string of the molecule is NCC1CCCCC1NC(=O)Cc1ccc(C(F)(F)F)cc1[N+](=O)[O-]. The Morgan fingerprint density at radius 3 is 2.60 bits per heavy atom. The Labute approximate surface area is 142 Å². The Kier molecular flexibility index (Phi) is 5.99. The minimum atomic E-state index is -4.68. The van der Waals surface area contributed by atoms with E-state index in [-0.39, 0.29) is 23.9 Å². The highest BCUT2D eigenvalue weighted by Crippen LogP contribution is 2.33. The highest BCUT2D eigenvalue weighted by atomic mass is 19.4. The van der Waals surface area contributed by atoms with E-state index >= 15 is 0 Å². The molecule has 6 nitrogen and oxygen atoms in total. The van der Waals surface area contributed by atoms with Gasteiger partial charge in [0.25, 0.3) is 5.69 Å². The summed E-state index contributed by atoms with van der Waals surface area (Å²) < 4.78 is 38.1. The van der Waals surface area contributed by atoms with Crippen molar-refractivity contribution in [2.24, 2.45) is 11.7 Å². The van der Waals surface area contributed by atoms with Gasteiger partial charge in [-0.3, -0.25) is 14.9 Å². The zero-order valence-electron chi connectivity index (χ0n) is 13.5. The first-order chi connectivity index (χ1) is 11.7. The van der Waals surface area contributed by atoms with E-state index in [0.29, 0.717) is 12.6 Å². The molecule has 0 aromatic heterocycles. The van der Waals surface area contributed by atoms with Crippen molar-refractivity contribution in [1.29, 1.82) is 0 Å². The molecule has 2 unspecified atom stereocenters. The second kappa shape index (κ2) is 7.81. The van der Waals surface area contributed by atoms with Gasteiger partial charge in [-0.15, -0.1) is 0 Å². The number of halogens is 3. The number of nitrogens with zero attached hydrogens (tertiary/aromatic N) is 1. The van der Waals surface area contributed by atoms with Gasteiger partial charge in [0.15, 0.2) is 0 Å². The summed E-state index contributed by atoms with van der Waals surface area (Å²) >= 11 is 0. The topological polar surface area (TPSA) is 98.3 Å². The maximum absolute atomic E-state index is 12.7. The van der Waals surface area contributed by atoms with E-state index in [1.54, 1.807) is 0 Å². The van der Waals surface area contributed by atoms with Gasteiger partial charge in [-0.1, -0.05) is 18.9 Å². The van der Waals surface area contributed by atoms with Crippen LogP contribution in [0.2, 0.25) is 0 Å². The first-order valence-corrected chi connectivity index (χ1v) is 8.06. The van der Waals surface area contributed by atoms with E-state index in [0.717, 1.165) is 37.8 Å². The number of rotatable bonds is 5. The lowest BCUT2D eigenvalue weighted by molar-refractivity contribution is -0.385. The van der Waals surface area contributed by atoms with E-state index in [4.69, 9.17) is 5.73 Å². The number of carbonyl (C=O) groups is 1. The van der Waals surface area contributed by atoms with E-state index < -0.39 is 28.3 Å². The van der Waals surface area contributed by atoms with Gasteiger partial charge >= 0.3 is 6.18 Å². The molecule has 9 heteroatoms. The molecule has 3 N–H and O–H groups in total. The van der Waals surface area contributed by atoms with E-state index in [1.165, 1.54) is 0 Å². The zero-order chi connectivity index (χ0) is 18.6. The molecule has 2 rings (SSSR count). The van der Waals surface area contributed by atoms with Gasteiger partial charge in [0.05, 0.1) is 16.9 Å². The number of amides is 1. The van der Waals surface area contributed by atoms with Crippen LogP contribution in [-0.4, -0.2) is 23.4 Å². The van der Waals surface area contributed by atoms with Crippen molar-refractivity contribution in [3.63, 3.8) is 0 Å². The third-order valence-corrected chi connectivity index (χ3v) is 4.52. The second-order valence-electron chi connectivity index (χ2n) is 6.23. The van der Waals surface area contributed by atoms with E-state index in [2.05, 4.69) is 5.32 Å². The van der Waals surface area contributed by atoms with E-state index in [9.17, 15) is 28.1 Å². The number of nitrogens with one attached hydrogen (secondary N) is 1. The molecule has 2 atom stereocenters. The van der Waals surface area contributed by atoms with Crippen LogP contribution in [0.1, 0.15) is 36.8 Å². The molecule has 0 radical (unpaired) electrons. The van der Waals surface area contributed by atoms with Crippen LogP contribution in [-0.2, 0) is 17.4 Å². The third-order valence-electron chi connectivity index (χ3n) is 4.52. The highest BCUT2D eigenvalue weighted by molar-refractivity contribution is 5.80. The summed E-state index contributed by atoms with van der Waals surface area (Å²) in [7, 11) is 0. The Balaban J connectivity index is 2.13. The largest absolute Gasteiger partial charge is 0.416 e. The lowest BCUT2D eigenvalue weighted by Crippen LogP contribution is -2.45. The quantitative estimate of drug-likeness (QED) is 0.624. The van der Waals surface area contributed by atoms with Crippen LogP contribution < -0.4 is 11.1 Å². The number of carbonyl (C=O) groups excluding carboxylic acids is 1. The van der Waals surface area contributed by atoms with Crippen LogP contribution in [0.5, 0.6) is 0 Å². The summed E-state index contributed by atoms with van der Waals surface area (Å²) in [6, 6.07) is 2.10. The number of alkyl halides is 3. The van der Waals surface area contributed by atoms with Crippen LogP contribution in [0.25, 0.3) is 0 Å². The normalized spacial score (nSPS) is 21.0. The van der Waals surface area contributed by atoms with E-state index in [1.807, 2.05) is 0 Å². The lowest BCUT2D eigenvalue weighted by atomic mass is 9.84. The summed E-state index contributed by atoms with van der Waals surface area (Å²) in [6.07, 6.45) is -1.34. The van der Waals surface area contributed by atoms with Crippen LogP contribution in [0.3, 0.4) is 0 Å². The average Bonchev–Trinajstić information content (AvgIpc) is 2.54. The smallest absolute Gasteiger partial charge is 0.353 e. The first kappa shape index (κ1) is 19.2. The molecule has 1 aromatic rings. The molecule has 0 aliphatic heterocycles. The van der Waals surface area contributed by atoms with Crippen molar-refractivity contribution < 1.29 is 22.9 Å². The van der Waals surface area contributed by atoms with Crippen LogP contribution in [0.15, 0.2) is 18.2 Å². The van der Waals surface area contributed by atoms with Crippen molar-refractivity contribution in [2.75, 3.05) is 6.54 Å². The van der Waals surface area contributed by atoms with Crippen LogP contribution in [0.4, 0.5) is 18.9 Å². The molecule has 1 amide bonds. The van der Waals surface area contributed by atoms with Gasteiger partial charge in [-0.25, -0.2) is 0 Å². The highest BCUT2D eigenvalue weighted by Gasteiger charge is 2.33. The number of benzene rings is 1. The molecule has 1 aliphatic rings. The van der Waals surface area contributed by atoms with Crippen molar-refractivity contribution in [2.45, 2.75) is 44.3 Å². The van der Waals surface area contributed by atoms with Gasteiger partial charge in [-0.2, -0.15) is 13.2 Å². The standard InChI is InChI=1S/C16H20F3N3O3/c17-16(18,19)12-6-5-10(14(8-12)22(24)25)7-15(23)21-13-4-2-1-3-11(13)9-20/h5-6,8,11,13H,1-4,7,9,20H2,(H,21,23). The summed E-state index contributed by atoms with van der Waals surface area (Å²) in [4.78, 5) is 22.4. The maximum Gasteiger partial charge on any atom is 0.416 e. The lowest BCUT2D eigenvalue weighted by Gasteiger charge is -2.31. The van der Waals surface area contributed by atoms with Gasteiger partial charge in [0.1, 0.15) is 0 Å². The first-order valence-electron chi connectivity index (χ1n) is 8.06. The van der Waals surface area contributed by atoms with Gasteiger partial charge < -0.3 is 11.1 Å². The van der Waals surface area contributed by atoms with Crippen molar-refractivity contribution in [1.82, 2.24) is 5.32 Å². The predicted octanol–water partition coefficient (Wildman–Crippen LogP) is 2.79. The number of nitrogens with two attached hydrogens (primary N) is 1. The molecule has 0 spiro atoms. The summed E-state index contributed by atoms with van der Waals surface area (Å²) in [5.74, 6) is -0.298. The molecule has 0 heterocycles. The number of nitro benzene ring substituents is 1. The molecule has 1 saturated carbocycles. The van der Waals surface area contributed by atoms with Crippen molar-refractivity contribution >= 4 is 11.6 Å². The molecule has 1 aromatic carbocycles. The van der Waals surface area contributed by atoms with Crippen molar-refractivity contribution in [3.05, 3.63) is 39.4 Å². The third kappa shape index (κ3) is 4.91. The average molecular weight is 359 g/mol. The Morgan fingerprint density at radius 1 is 1.32 bits per heavy atom. The fourth-order valence-corrected chi connectivity index (χ4v) is 3.17. The fourth-order valence-electron chi connectivity index (χ4n) is 3.17. The number of nitro groups is 1. The molecule has 25 heavy (non-hydrogen) atoms. The Bertz CT molecular complexity index is 649. The maximum atomic E-state index is 12.7. The number of hydrogen-bond donors (Lipinski definition) is 2. The zero-order valence-corrected chi connectivity index (χ0v) is 13.5. The van der Waals surface area contributed by atoms with Gasteiger partial charge in [0, 0.05) is 17.7 Å². The Morgan fingerprint density at radius 2 is 2.00 bits per heavy atom. The van der Waals surface area contributed by atoms with Crippen LogP contribution >= 0.6 is 0 Å². The molecule has 1 aliphatic carbocycles. The summed E-state index contributed by atoms with van der Waals surface area (Å²) in [5.41, 5.74) is 3.83. The van der Waals surface area contributed by atoms with Crippen molar-refractivity contribution in [3.8, 4) is 0 Å². The fraction of sp³-hybridized carbons (Fsp3) is 0.562. The minimum Gasteiger partial charge on any atom is -0.353 e. The molecular formula is C16H20F3N3O3. The molecule has 0 saturated heterocycles. The second-order valence-corrected chi connectivity index (χ2v) is 6.23.